The van der Waals surface area contributed by atoms with Crippen LogP contribution in [0.1, 0.15) is 31.9 Å². The van der Waals surface area contributed by atoms with E-state index < -0.39 is 11.9 Å². The number of nitrogens with one attached hydrogen (secondary N) is 2. The molecule has 0 bridgehead atoms. The van der Waals surface area contributed by atoms with Crippen molar-refractivity contribution in [2.45, 2.75) is 26.4 Å². The van der Waals surface area contributed by atoms with E-state index in [1.165, 1.54) is 6.07 Å². The lowest BCUT2D eigenvalue weighted by molar-refractivity contribution is 0.182. The number of halogens is 1. The third-order valence-corrected chi connectivity index (χ3v) is 2.57. The Bertz CT molecular complexity index is 409. The second-order valence-electron chi connectivity index (χ2n) is 4.18. The van der Waals surface area contributed by atoms with Crippen LogP contribution in [0.5, 0.6) is 0 Å². The lowest BCUT2D eigenvalue weighted by Gasteiger charge is -2.13. The summed E-state index contributed by atoms with van der Waals surface area (Å²) >= 11 is 0. The fourth-order valence-corrected chi connectivity index (χ4v) is 1.61. The van der Waals surface area contributed by atoms with Crippen LogP contribution in [0.4, 0.5) is 4.39 Å². The molecule has 1 rings (SSSR count). The number of aliphatic hydroxyl groups is 1. The molecule has 1 unspecified atom stereocenters. The zero-order valence-corrected chi connectivity index (χ0v) is 11.5. The molecule has 0 aliphatic heterocycles. The third-order valence-electron chi connectivity index (χ3n) is 2.57. The van der Waals surface area contributed by atoms with Gasteiger partial charge in [0.25, 0.3) is 0 Å². The predicted octanol–water partition coefficient (Wildman–Crippen LogP) is 1.82. The van der Waals surface area contributed by atoms with Crippen LogP contribution < -0.4 is 10.6 Å². The van der Waals surface area contributed by atoms with Crippen molar-refractivity contribution in [3.8, 4) is 0 Å². The molecule has 0 amide bonds. The summed E-state index contributed by atoms with van der Waals surface area (Å²) in [5, 5.41) is 16.1. The molecule has 0 saturated heterocycles. The summed E-state index contributed by atoms with van der Waals surface area (Å²) in [4.78, 5) is 4.25. The number of nitrogens with zero attached hydrogens (tertiary/aromatic N) is 1. The first-order valence-corrected chi connectivity index (χ1v) is 6.63. The number of rotatable bonds is 6. The molecule has 0 radical (unpaired) electrons. The molecule has 1 atom stereocenters. The molecule has 0 aliphatic carbocycles. The summed E-state index contributed by atoms with van der Waals surface area (Å²) in [6.45, 7) is 5.70. The van der Waals surface area contributed by atoms with Crippen molar-refractivity contribution >= 4 is 5.96 Å². The zero-order chi connectivity index (χ0) is 14.1. The lowest BCUT2D eigenvalue weighted by Crippen LogP contribution is -2.38. The van der Waals surface area contributed by atoms with Crippen LogP contribution in [0.25, 0.3) is 0 Å². The Balaban J connectivity index is 2.63. The molecular weight excluding hydrogens is 245 g/mol. The fourth-order valence-electron chi connectivity index (χ4n) is 1.61. The number of hydrogen-bond acceptors (Lipinski definition) is 2. The summed E-state index contributed by atoms with van der Waals surface area (Å²) in [6.07, 6.45) is 0.0542. The first-order valence-electron chi connectivity index (χ1n) is 6.63. The molecule has 0 aliphatic rings. The van der Waals surface area contributed by atoms with Crippen molar-refractivity contribution in [1.29, 1.82) is 0 Å². The number of aliphatic imine (C=N–C) groups is 1. The minimum absolute atomic E-state index is 0.125. The van der Waals surface area contributed by atoms with Gasteiger partial charge in [-0.05, 0) is 19.4 Å². The van der Waals surface area contributed by atoms with E-state index in [0.29, 0.717) is 5.96 Å². The van der Waals surface area contributed by atoms with Gasteiger partial charge in [-0.15, -0.1) is 0 Å². The number of guanidine groups is 1. The Morgan fingerprint density at radius 2 is 2.05 bits per heavy atom. The normalized spacial score (nSPS) is 13.2. The van der Waals surface area contributed by atoms with E-state index in [0.717, 1.165) is 19.5 Å². The van der Waals surface area contributed by atoms with Crippen molar-refractivity contribution in [1.82, 2.24) is 10.6 Å². The van der Waals surface area contributed by atoms with Gasteiger partial charge in [0.1, 0.15) is 11.9 Å². The van der Waals surface area contributed by atoms with Gasteiger partial charge in [0.05, 0.1) is 6.54 Å². The minimum atomic E-state index is -0.932. The quantitative estimate of drug-likeness (QED) is 0.544. The molecule has 1 aromatic carbocycles. The molecule has 0 spiro atoms. The Labute approximate surface area is 113 Å². The Hall–Kier alpha value is -1.62. The third kappa shape index (κ3) is 5.26. The SMILES string of the molecule is CCCNC(=NCC(O)c1ccccc1F)NCC. The summed E-state index contributed by atoms with van der Waals surface area (Å²) in [7, 11) is 0. The molecule has 0 heterocycles. The van der Waals surface area contributed by atoms with Gasteiger partial charge in [-0.3, -0.25) is 4.99 Å². The van der Waals surface area contributed by atoms with Crippen LogP contribution in [0, 0.1) is 5.82 Å². The molecule has 3 N–H and O–H groups in total. The van der Waals surface area contributed by atoms with Crippen molar-refractivity contribution in [2.24, 2.45) is 4.99 Å². The van der Waals surface area contributed by atoms with Gasteiger partial charge in [0, 0.05) is 18.7 Å². The molecule has 0 fully saturated rings. The molecule has 4 nitrogen and oxygen atoms in total. The molecule has 19 heavy (non-hydrogen) atoms. The van der Waals surface area contributed by atoms with Crippen molar-refractivity contribution in [3.05, 3.63) is 35.6 Å². The summed E-state index contributed by atoms with van der Waals surface area (Å²) in [5.41, 5.74) is 0.276. The largest absolute Gasteiger partial charge is 0.386 e. The lowest BCUT2D eigenvalue weighted by atomic mass is 10.1. The Morgan fingerprint density at radius 1 is 1.32 bits per heavy atom. The molecule has 5 heteroatoms. The summed E-state index contributed by atoms with van der Waals surface area (Å²) in [5.74, 6) is 0.233. The highest BCUT2D eigenvalue weighted by molar-refractivity contribution is 5.79. The van der Waals surface area contributed by atoms with E-state index >= 15 is 0 Å². The van der Waals surface area contributed by atoms with Gasteiger partial charge in [-0.2, -0.15) is 0 Å². The smallest absolute Gasteiger partial charge is 0.191 e. The molecular formula is C14H22FN3O. The number of benzene rings is 1. The van der Waals surface area contributed by atoms with Crippen LogP contribution in [0.2, 0.25) is 0 Å². The highest BCUT2D eigenvalue weighted by Gasteiger charge is 2.11. The average Bonchev–Trinajstić information content (AvgIpc) is 2.42. The van der Waals surface area contributed by atoms with E-state index in [1.807, 2.05) is 6.92 Å². The topological polar surface area (TPSA) is 56.7 Å². The highest BCUT2D eigenvalue weighted by atomic mass is 19.1. The summed E-state index contributed by atoms with van der Waals surface area (Å²) in [6, 6.07) is 6.21. The van der Waals surface area contributed by atoms with Gasteiger partial charge in [-0.25, -0.2) is 4.39 Å². The van der Waals surface area contributed by atoms with Gasteiger partial charge < -0.3 is 15.7 Å². The van der Waals surface area contributed by atoms with Crippen LogP contribution in [-0.4, -0.2) is 30.7 Å². The van der Waals surface area contributed by atoms with E-state index in [9.17, 15) is 9.50 Å². The number of hydrogen-bond donors (Lipinski definition) is 3. The number of aliphatic hydroxyl groups excluding tert-OH is 1. The second kappa shape index (κ2) is 8.48. The van der Waals surface area contributed by atoms with Crippen molar-refractivity contribution in [2.75, 3.05) is 19.6 Å². The average molecular weight is 267 g/mol. The predicted molar refractivity (Wildman–Crippen MR) is 75.6 cm³/mol. The summed E-state index contributed by atoms with van der Waals surface area (Å²) < 4.78 is 13.5. The van der Waals surface area contributed by atoms with E-state index in [4.69, 9.17) is 0 Å². The molecule has 1 aromatic rings. The standard InChI is InChI=1S/C14H22FN3O/c1-3-9-17-14(16-4-2)18-10-13(19)11-7-5-6-8-12(11)15/h5-8,13,19H,3-4,9-10H2,1-2H3,(H2,16,17,18). The molecule has 106 valence electrons. The van der Waals surface area contributed by atoms with E-state index in [1.54, 1.807) is 18.2 Å². The van der Waals surface area contributed by atoms with Crippen molar-refractivity contribution < 1.29 is 9.50 Å². The van der Waals surface area contributed by atoms with Crippen LogP contribution >= 0.6 is 0 Å². The zero-order valence-electron chi connectivity index (χ0n) is 11.5. The fraction of sp³-hybridized carbons (Fsp3) is 0.500. The maximum atomic E-state index is 13.5. The van der Waals surface area contributed by atoms with Crippen LogP contribution in [0.3, 0.4) is 0 Å². The van der Waals surface area contributed by atoms with E-state index in [-0.39, 0.29) is 12.1 Å². The molecule has 0 aromatic heterocycles. The maximum Gasteiger partial charge on any atom is 0.191 e. The van der Waals surface area contributed by atoms with Crippen LogP contribution in [-0.2, 0) is 0 Å². The highest BCUT2D eigenvalue weighted by Crippen LogP contribution is 2.16. The first kappa shape index (κ1) is 15.4. The maximum absolute atomic E-state index is 13.5. The Morgan fingerprint density at radius 3 is 2.68 bits per heavy atom. The van der Waals surface area contributed by atoms with Gasteiger partial charge in [-0.1, -0.05) is 25.1 Å². The van der Waals surface area contributed by atoms with Crippen molar-refractivity contribution in [3.63, 3.8) is 0 Å². The Kier molecular flexibility index (Phi) is 6.89. The molecule has 0 saturated carbocycles. The monoisotopic (exact) mass is 267 g/mol. The first-order chi connectivity index (χ1) is 9.19. The van der Waals surface area contributed by atoms with Gasteiger partial charge >= 0.3 is 0 Å². The van der Waals surface area contributed by atoms with E-state index in [2.05, 4.69) is 22.5 Å². The second-order valence-corrected chi connectivity index (χ2v) is 4.18. The van der Waals surface area contributed by atoms with Gasteiger partial charge in [0.2, 0.25) is 0 Å². The minimum Gasteiger partial charge on any atom is -0.386 e. The van der Waals surface area contributed by atoms with Gasteiger partial charge in [0.15, 0.2) is 5.96 Å². The van der Waals surface area contributed by atoms with Crippen LogP contribution in [0.15, 0.2) is 29.3 Å².